The highest BCUT2D eigenvalue weighted by molar-refractivity contribution is 7.09. The molecule has 9 heteroatoms. The van der Waals surface area contributed by atoms with Crippen LogP contribution >= 0.6 is 11.3 Å². The average Bonchev–Trinajstić information content (AvgIpc) is 3.05. The van der Waals surface area contributed by atoms with Crippen molar-refractivity contribution in [2.45, 2.75) is 39.2 Å². The normalized spacial score (nSPS) is 12.3. The van der Waals surface area contributed by atoms with Crippen LogP contribution in [0, 0.1) is 0 Å². The van der Waals surface area contributed by atoms with Crippen molar-refractivity contribution in [1.29, 1.82) is 0 Å². The van der Waals surface area contributed by atoms with Gasteiger partial charge in [-0.15, -0.1) is 11.3 Å². The van der Waals surface area contributed by atoms with Crippen LogP contribution in [0.3, 0.4) is 0 Å². The van der Waals surface area contributed by atoms with Crippen molar-refractivity contribution in [2.75, 3.05) is 7.05 Å². The Hall–Kier alpha value is -2.29. The maximum atomic E-state index is 12.6. The molecule has 26 heavy (non-hydrogen) atoms. The average molecular weight is 386 g/mol. The number of nitrogens with one attached hydrogen (secondary N) is 2. The zero-order chi connectivity index (χ0) is 19.2. The lowest BCUT2D eigenvalue weighted by Crippen LogP contribution is -2.36. The van der Waals surface area contributed by atoms with Crippen LogP contribution in [0.25, 0.3) is 0 Å². The fourth-order valence-corrected chi connectivity index (χ4v) is 2.79. The van der Waals surface area contributed by atoms with Gasteiger partial charge >= 0.3 is 6.18 Å². The highest BCUT2D eigenvalue weighted by Gasteiger charge is 2.33. The summed E-state index contributed by atoms with van der Waals surface area (Å²) in [5.41, 5.74) is 0.156. The summed E-state index contributed by atoms with van der Waals surface area (Å²) < 4.78 is 43.2. The van der Waals surface area contributed by atoms with Gasteiger partial charge in [0.05, 0.1) is 12.6 Å². The zero-order valence-electron chi connectivity index (χ0n) is 14.7. The van der Waals surface area contributed by atoms with Crippen LogP contribution in [0.15, 0.2) is 34.6 Å². The number of nitrogens with zero attached hydrogens (tertiary/aromatic N) is 2. The van der Waals surface area contributed by atoms with Crippen molar-refractivity contribution in [3.8, 4) is 5.75 Å². The third kappa shape index (κ3) is 6.21. The number of alkyl halides is 3. The first-order valence-electron chi connectivity index (χ1n) is 7.99. The Morgan fingerprint density at radius 2 is 1.85 bits per heavy atom. The highest BCUT2D eigenvalue weighted by Crippen LogP contribution is 2.29. The standard InChI is InChI=1S/C17H21F3N4OS/c1-11(2)25-13-6-4-12(5-7-13)8-22-16(21-3)23-9-15-24-14(10-26-15)17(18,19)20/h4-7,10-11H,8-9H2,1-3H3,(H2,21,22,23). The van der Waals surface area contributed by atoms with Crippen molar-refractivity contribution in [1.82, 2.24) is 15.6 Å². The fourth-order valence-electron chi connectivity index (χ4n) is 2.05. The SMILES string of the molecule is CN=C(NCc1ccc(OC(C)C)cc1)NCc1nc(C(F)(F)F)cs1. The van der Waals surface area contributed by atoms with E-state index >= 15 is 0 Å². The number of halogens is 3. The van der Waals surface area contributed by atoms with Gasteiger partial charge in [0.15, 0.2) is 11.7 Å². The summed E-state index contributed by atoms with van der Waals surface area (Å²) >= 11 is 0.959. The van der Waals surface area contributed by atoms with Crippen molar-refractivity contribution < 1.29 is 17.9 Å². The Morgan fingerprint density at radius 1 is 1.19 bits per heavy atom. The zero-order valence-corrected chi connectivity index (χ0v) is 15.5. The van der Waals surface area contributed by atoms with Crippen molar-refractivity contribution in [3.05, 3.63) is 45.9 Å². The number of hydrogen-bond acceptors (Lipinski definition) is 4. The number of aliphatic imine (C=N–C) groups is 1. The van der Waals surface area contributed by atoms with E-state index in [1.54, 1.807) is 7.05 Å². The second kappa shape index (κ2) is 8.88. The number of benzene rings is 1. The van der Waals surface area contributed by atoms with Crippen LogP contribution in [-0.2, 0) is 19.3 Å². The molecule has 0 spiro atoms. The largest absolute Gasteiger partial charge is 0.491 e. The summed E-state index contributed by atoms with van der Waals surface area (Å²) in [7, 11) is 1.60. The van der Waals surface area contributed by atoms with Gasteiger partial charge in [0.2, 0.25) is 0 Å². The summed E-state index contributed by atoms with van der Waals surface area (Å²) in [6.07, 6.45) is -4.30. The molecule has 1 aromatic heterocycles. The first kappa shape index (κ1) is 20.0. The van der Waals surface area contributed by atoms with Gasteiger partial charge in [-0.3, -0.25) is 4.99 Å². The molecule has 0 atom stereocenters. The minimum atomic E-state index is -4.42. The van der Waals surface area contributed by atoms with E-state index in [9.17, 15) is 13.2 Å². The molecule has 0 radical (unpaired) electrons. The molecule has 0 aliphatic rings. The van der Waals surface area contributed by atoms with E-state index in [1.807, 2.05) is 38.1 Å². The Kier molecular flexibility index (Phi) is 6.84. The van der Waals surface area contributed by atoms with Crippen molar-refractivity contribution in [2.24, 2.45) is 4.99 Å². The van der Waals surface area contributed by atoms with Gasteiger partial charge in [0.25, 0.3) is 0 Å². The molecule has 0 bridgehead atoms. The minimum Gasteiger partial charge on any atom is -0.491 e. The molecule has 1 aromatic carbocycles. The molecular weight excluding hydrogens is 365 g/mol. The number of hydrogen-bond donors (Lipinski definition) is 2. The number of guanidine groups is 1. The van der Waals surface area contributed by atoms with Crippen molar-refractivity contribution in [3.63, 3.8) is 0 Å². The molecule has 2 N–H and O–H groups in total. The quantitative estimate of drug-likeness (QED) is 0.585. The lowest BCUT2D eigenvalue weighted by molar-refractivity contribution is -0.140. The van der Waals surface area contributed by atoms with Gasteiger partial charge in [0, 0.05) is 19.0 Å². The summed E-state index contributed by atoms with van der Waals surface area (Å²) in [5.74, 6) is 1.28. The molecule has 0 amide bonds. The molecular formula is C17H21F3N4OS. The van der Waals surface area contributed by atoms with Crippen LogP contribution in [-0.4, -0.2) is 24.1 Å². The van der Waals surface area contributed by atoms with Gasteiger partial charge in [-0.1, -0.05) is 12.1 Å². The lowest BCUT2D eigenvalue weighted by Gasteiger charge is -2.12. The number of thiazole rings is 1. The van der Waals surface area contributed by atoms with Gasteiger partial charge in [-0.2, -0.15) is 13.2 Å². The molecule has 0 aliphatic heterocycles. The molecule has 2 rings (SSSR count). The van der Waals surface area contributed by atoms with Crippen LogP contribution in [0.2, 0.25) is 0 Å². The predicted octanol–water partition coefficient (Wildman–Crippen LogP) is 3.81. The molecule has 0 saturated carbocycles. The van der Waals surface area contributed by atoms with E-state index in [0.717, 1.165) is 28.0 Å². The minimum absolute atomic E-state index is 0.116. The monoisotopic (exact) mass is 386 g/mol. The van der Waals surface area contributed by atoms with E-state index in [4.69, 9.17) is 4.74 Å². The summed E-state index contributed by atoms with van der Waals surface area (Å²) in [5, 5.41) is 7.41. The van der Waals surface area contributed by atoms with Gasteiger partial charge in [-0.05, 0) is 31.5 Å². The third-order valence-corrected chi connectivity index (χ3v) is 4.08. The summed E-state index contributed by atoms with van der Waals surface area (Å²) in [6.45, 7) is 4.62. The van der Waals surface area contributed by atoms with E-state index in [1.165, 1.54) is 0 Å². The number of aromatic nitrogens is 1. The smallest absolute Gasteiger partial charge is 0.434 e. The Labute approximate surface area is 154 Å². The molecule has 5 nitrogen and oxygen atoms in total. The molecule has 2 aromatic rings. The van der Waals surface area contributed by atoms with Crippen LogP contribution in [0.4, 0.5) is 13.2 Å². The highest BCUT2D eigenvalue weighted by atomic mass is 32.1. The fraction of sp³-hybridized carbons (Fsp3) is 0.412. The number of ether oxygens (including phenoxy) is 1. The van der Waals surface area contributed by atoms with Gasteiger partial charge < -0.3 is 15.4 Å². The van der Waals surface area contributed by atoms with Gasteiger partial charge in [0.1, 0.15) is 10.8 Å². The molecule has 0 fully saturated rings. The Bertz CT molecular complexity index is 726. The maximum Gasteiger partial charge on any atom is 0.434 e. The van der Waals surface area contributed by atoms with E-state index in [2.05, 4.69) is 20.6 Å². The van der Waals surface area contributed by atoms with Crippen LogP contribution in [0.1, 0.15) is 30.1 Å². The van der Waals surface area contributed by atoms with E-state index in [0.29, 0.717) is 17.5 Å². The predicted molar refractivity (Wildman–Crippen MR) is 96.4 cm³/mol. The van der Waals surface area contributed by atoms with Gasteiger partial charge in [-0.25, -0.2) is 4.98 Å². The van der Waals surface area contributed by atoms with Crippen LogP contribution in [0.5, 0.6) is 5.75 Å². The maximum absolute atomic E-state index is 12.6. The Balaban J connectivity index is 1.83. The van der Waals surface area contributed by atoms with Crippen molar-refractivity contribution >= 4 is 17.3 Å². The second-order valence-corrected chi connectivity index (χ2v) is 6.66. The van der Waals surface area contributed by atoms with E-state index in [-0.39, 0.29) is 12.6 Å². The molecule has 0 saturated heterocycles. The summed E-state index contributed by atoms with van der Waals surface area (Å²) in [4.78, 5) is 7.63. The second-order valence-electron chi connectivity index (χ2n) is 5.71. The first-order valence-corrected chi connectivity index (χ1v) is 8.87. The topological polar surface area (TPSA) is 58.5 Å². The molecule has 0 aliphatic carbocycles. The third-order valence-electron chi connectivity index (χ3n) is 3.23. The van der Waals surface area contributed by atoms with Crippen LogP contribution < -0.4 is 15.4 Å². The number of rotatable bonds is 6. The molecule has 0 unspecified atom stereocenters. The lowest BCUT2D eigenvalue weighted by atomic mass is 10.2. The first-order chi connectivity index (χ1) is 12.3. The molecule has 1 heterocycles. The Morgan fingerprint density at radius 3 is 2.38 bits per heavy atom. The van der Waals surface area contributed by atoms with E-state index < -0.39 is 11.9 Å². The summed E-state index contributed by atoms with van der Waals surface area (Å²) in [6, 6.07) is 7.66. The molecule has 142 valence electrons.